The summed E-state index contributed by atoms with van der Waals surface area (Å²) in [7, 11) is 0. The second kappa shape index (κ2) is 8.74. The first kappa shape index (κ1) is 22.6. The van der Waals surface area contributed by atoms with Crippen LogP contribution in [0.25, 0.3) is 21.7 Å². The molecule has 2 aromatic heterocycles. The number of nitrogens with one attached hydrogen (secondary N) is 1. The SMILES string of the molecule is CC(C)(C)OC(=O)N1CCCC(N(C=O)c2ccc(O)c3[nH]c(-c4ccc(Br)s4)nc23)C1. The lowest BCUT2D eigenvalue weighted by Gasteiger charge is -2.38. The fourth-order valence-electron chi connectivity index (χ4n) is 3.84. The van der Waals surface area contributed by atoms with E-state index < -0.39 is 5.60 Å². The van der Waals surface area contributed by atoms with Gasteiger partial charge in [0.15, 0.2) is 0 Å². The number of halogens is 1. The normalized spacial score (nSPS) is 16.9. The molecule has 0 spiro atoms. The molecule has 3 heterocycles. The van der Waals surface area contributed by atoms with Gasteiger partial charge in [-0.25, -0.2) is 9.78 Å². The highest BCUT2D eigenvalue weighted by Crippen LogP contribution is 2.37. The number of carbonyl (C=O) groups is 2. The number of carbonyl (C=O) groups excluding carboxylic acids is 2. The first-order valence-corrected chi connectivity index (χ1v) is 12.0. The summed E-state index contributed by atoms with van der Waals surface area (Å²) in [5.74, 6) is 0.673. The number of benzene rings is 1. The molecular weight excluding hydrogens is 496 g/mol. The summed E-state index contributed by atoms with van der Waals surface area (Å²) in [6.07, 6.45) is 1.89. The van der Waals surface area contributed by atoms with Crippen molar-refractivity contribution in [3.8, 4) is 16.5 Å². The molecule has 8 nitrogen and oxygen atoms in total. The lowest BCUT2D eigenvalue weighted by Crippen LogP contribution is -2.50. The summed E-state index contributed by atoms with van der Waals surface area (Å²) in [5, 5.41) is 10.4. The molecule has 0 bridgehead atoms. The molecular formula is C22H25BrN4O4S. The maximum Gasteiger partial charge on any atom is 0.410 e. The van der Waals surface area contributed by atoms with Crippen molar-refractivity contribution in [3.05, 3.63) is 28.1 Å². The van der Waals surface area contributed by atoms with E-state index in [-0.39, 0.29) is 17.9 Å². The molecule has 1 fully saturated rings. The highest BCUT2D eigenvalue weighted by molar-refractivity contribution is 9.11. The minimum absolute atomic E-state index is 0.0583. The molecule has 3 aromatic rings. The summed E-state index contributed by atoms with van der Waals surface area (Å²) in [4.78, 5) is 36.8. The van der Waals surface area contributed by atoms with Crippen LogP contribution in [0.2, 0.25) is 0 Å². The van der Waals surface area contributed by atoms with E-state index >= 15 is 0 Å². The summed E-state index contributed by atoms with van der Waals surface area (Å²) in [5.41, 5.74) is 0.973. The van der Waals surface area contributed by atoms with Gasteiger partial charge in [0.1, 0.15) is 28.2 Å². The Bertz CT molecular complexity index is 1150. The van der Waals surface area contributed by atoms with Crippen LogP contribution in [0.3, 0.4) is 0 Å². The second-order valence-electron chi connectivity index (χ2n) is 8.75. The van der Waals surface area contributed by atoms with E-state index in [1.54, 1.807) is 21.9 Å². The van der Waals surface area contributed by atoms with Crippen LogP contribution in [0.5, 0.6) is 5.75 Å². The van der Waals surface area contributed by atoms with Crippen molar-refractivity contribution in [3.63, 3.8) is 0 Å². The van der Waals surface area contributed by atoms with Gasteiger partial charge < -0.3 is 24.6 Å². The van der Waals surface area contributed by atoms with Crippen molar-refractivity contribution in [2.75, 3.05) is 18.0 Å². The van der Waals surface area contributed by atoms with Crippen LogP contribution >= 0.6 is 27.3 Å². The van der Waals surface area contributed by atoms with Crippen molar-refractivity contribution in [2.45, 2.75) is 45.3 Å². The fraction of sp³-hybridized carbons (Fsp3) is 0.409. The third-order valence-electron chi connectivity index (χ3n) is 5.24. The number of anilines is 1. The van der Waals surface area contributed by atoms with E-state index in [2.05, 4.69) is 20.9 Å². The number of likely N-dealkylation sites (tertiary alicyclic amines) is 1. The minimum Gasteiger partial charge on any atom is -0.506 e. The maximum atomic E-state index is 12.6. The molecule has 1 aliphatic rings. The molecule has 0 radical (unpaired) electrons. The van der Waals surface area contributed by atoms with Gasteiger partial charge in [-0.1, -0.05) is 0 Å². The molecule has 32 heavy (non-hydrogen) atoms. The summed E-state index contributed by atoms with van der Waals surface area (Å²) < 4.78 is 6.48. The molecule has 1 aromatic carbocycles. The van der Waals surface area contributed by atoms with Gasteiger partial charge in [0.2, 0.25) is 6.41 Å². The van der Waals surface area contributed by atoms with Gasteiger partial charge in [0, 0.05) is 13.1 Å². The first-order valence-electron chi connectivity index (χ1n) is 10.4. The number of H-pyrrole nitrogens is 1. The van der Waals surface area contributed by atoms with Gasteiger partial charge in [0.05, 0.1) is 20.4 Å². The Hall–Kier alpha value is -2.59. The lowest BCUT2D eigenvalue weighted by molar-refractivity contribution is -0.108. The maximum absolute atomic E-state index is 12.6. The summed E-state index contributed by atoms with van der Waals surface area (Å²) in [6, 6.07) is 6.87. The number of fused-ring (bicyclic) bond motifs is 1. The van der Waals surface area contributed by atoms with Gasteiger partial charge >= 0.3 is 6.09 Å². The highest BCUT2D eigenvalue weighted by Gasteiger charge is 2.32. The Kier molecular flexibility index (Phi) is 6.17. The molecule has 10 heteroatoms. The number of aromatic hydroxyl groups is 1. The Balaban J connectivity index is 1.66. The van der Waals surface area contributed by atoms with E-state index in [9.17, 15) is 14.7 Å². The molecule has 1 saturated heterocycles. The number of nitrogens with zero attached hydrogens (tertiary/aromatic N) is 3. The van der Waals surface area contributed by atoms with Crippen LogP contribution in [0.4, 0.5) is 10.5 Å². The zero-order valence-corrected chi connectivity index (χ0v) is 20.5. The van der Waals surface area contributed by atoms with Gasteiger partial charge in [-0.15, -0.1) is 11.3 Å². The Morgan fingerprint density at radius 1 is 1.38 bits per heavy atom. The number of amides is 2. The first-order chi connectivity index (χ1) is 15.2. The van der Waals surface area contributed by atoms with Crippen molar-refractivity contribution in [2.24, 2.45) is 0 Å². The lowest BCUT2D eigenvalue weighted by atomic mass is 10.0. The van der Waals surface area contributed by atoms with E-state index in [0.717, 1.165) is 27.9 Å². The van der Waals surface area contributed by atoms with Crippen molar-refractivity contribution in [1.29, 1.82) is 0 Å². The zero-order valence-electron chi connectivity index (χ0n) is 18.1. The van der Waals surface area contributed by atoms with Gasteiger partial charge in [-0.3, -0.25) is 4.79 Å². The number of phenolic OH excluding ortho intramolecular Hbond substituents is 1. The molecule has 0 saturated carbocycles. The highest BCUT2D eigenvalue weighted by atomic mass is 79.9. The number of thiophene rings is 1. The number of imidazole rings is 1. The van der Waals surface area contributed by atoms with Crippen LogP contribution in [-0.4, -0.2) is 57.2 Å². The third-order valence-corrected chi connectivity index (χ3v) is 6.87. The van der Waals surface area contributed by atoms with Crippen molar-refractivity contribution >= 4 is 56.5 Å². The molecule has 2 N–H and O–H groups in total. The second-order valence-corrected chi connectivity index (χ2v) is 11.2. The number of aromatic nitrogens is 2. The van der Waals surface area contributed by atoms with E-state index in [1.165, 1.54) is 11.3 Å². The summed E-state index contributed by atoms with van der Waals surface area (Å²) in [6.45, 7) is 6.45. The van der Waals surface area contributed by atoms with Crippen LogP contribution in [0.15, 0.2) is 28.1 Å². The van der Waals surface area contributed by atoms with Crippen LogP contribution in [-0.2, 0) is 9.53 Å². The molecule has 4 rings (SSSR count). The molecule has 0 aliphatic carbocycles. The molecule has 170 valence electrons. The number of hydrogen-bond donors (Lipinski definition) is 2. The number of piperidine rings is 1. The Morgan fingerprint density at radius 2 is 2.16 bits per heavy atom. The van der Waals surface area contributed by atoms with Crippen LogP contribution in [0.1, 0.15) is 33.6 Å². The fourth-order valence-corrected chi connectivity index (χ4v) is 5.18. The Morgan fingerprint density at radius 3 is 2.81 bits per heavy atom. The molecule has 2 amide bonds. The molecule has 1 aliphatic heterocycles. The quantitative estimate of drug-likeness (QED) is 0.465. The largest absolute Gasteiger partial charge is 0.506 e. The average molecular weight is 521 g/mol. The predicted molar refractivity (Wildman–Crippen MR) is 128 cm³/mol. The number of ether oxygens (including phenoxy) is 1. The standard InChI is InChI=1S/C22H25BrN4O4S/c1-22(2,3)31-21(30)26-10-4-5-13(11-26)27(12-28)14-6-7-15(29)19-18(14)24-20(25-19)16-8-9-17(23)32-16/h6-9,12-13,29H,4-5,10-11H2,1-3H3,(H,24,25). The zero-order chi connectivity index (χ0) is 23.0. The van der Waals surface area contributed by atoms with E-state index in [1.807, 2.05) is 32.9 Å². The number of rotatable bonds is 4. The van der Waals surface area contributed by atoms with Gasteiger partial charge in [0.25, 0.3) is 0 Å². The topological polar surface area (TPSA) is 98.8 Å². The predicted octanol–water partition coefficient (Wildman–Crippen LogP) is 5.12. The van der Waals surface area contributed by atoms with E-state index in [0.29, 0.717) is 35.6 Å². The Labute approximate surface area is 198 Å². The molecule has 1 atom stereocenters. The monoisotopic (exact) mass is 520 g/mol. The van der Waals surface area contributed by atoms with Gasteiger partial charge in [-0.05, 0) is 73.8 Å². The summed E-state index contributed by atoms with van der Waals surface area (Å²) >= 11 is 4.97. The number of aromatic amines is 1. The third kappa shape index (κ3) is 4.61. The molecule has 1 unspecified atom stereocenters. The van der Waals surface area contributed by atoms with Crippen LogP contribution < -0.4 is 4.90 Å². The van der Waals surface area contributed by atoms with Crippen molar-refractivity contribution < 1.29 is 19.4 Å². The van der Waals surface area contributed by atoms with E-state index in [4.69, 9.17) is 9.72 Å². The number of phenols is 1. The number of hydrogen-bond acceptors (Lipinski definition) is 6. The van der Waals surface area contributed by atoms with Crippen molar-refractivity contribution in [1.82, 2.24) is 14.9 Å². The average Bonchev–Trinajstić information content (AvgIpc) is 3.36. The van der Waals surface area contributed by atoms with Gasteiger partial charge in [-0.2, -0.15) is 0 Å². The smallest absolute Gasteiger partial charge is 0.410 e. The minimum atomic E-state index is -0.584. The van der Waals surface area contributed by atoms with Crippen LogP contribution in [0, 0.1) is 0 Å².